The van der Waals surface area contributed by atoms with Crippen molar-refractivity contribution < 1.29 is 13.9 Å². The van der Waals surface area contributed by atoms with Crippen LogP contribution in [-0.4, -0.2) is 44.3 Å². The topological polar surface area (TPSA) is 72.3 Å². The van der Waals surface area contributed by atoms with E-state index in [4.69, 9.17) is 4.74 Å². The number of benzene rings is 1. The molecule has 1 saturated heterocycles. The van der Waals surface area contributed by atoms with E-state index >= 15 is 0 Å². The number of fused-ring (bicyclic) bond motifs is 1. The second-order valence-corrected chi connectivity index (χ2v) is 8.28. The highest BCUT2D eigenvalue weighted by atomic mass is 32.1. The van der Waals surface area contributed by atoms with Gasteiger partial charge in [-0.25, -0.2) is 0 Å². The van der Waals surface area contributed by atoms with Crippen LogP contribution in [-0.2, 0) is 18.4 Å². The number of aryl methyl sites for hydroxylation is 1. The third kappa shape index (κ3) is 4.00. The first-order chi connectivity index (χ1) is 13.4. The van der Waals surface area contributed by atoms with Gasteiger partial charge in [0.1, 0.15) is 11.9 Å². The Morgan fingerprint density at radius 2 is 2.29 bits per heavy atom. The molecule has 1 amide bonds. The number of hydrogen-bond donors (Lipinski definition) is 1. The molecule has 0 saturated carbocycles. The van der Waals surface area contributed by atoms with Crippen LogP contribution in [0.4, 0.5) is 9.52 Å². The molecule has 0 aliphatic carbocycles. The van der Waals surface area contributed by atoms with Crippen LogP contribution in [0.15, 0.2) is 24.4 Å². The number of carbonyl (C=O) groups excluding carboxylic acids is 1. The first kappa shape index (κ1) is 18.8. The lowest BCUT2D eigenvalue weighted by Crippen LogP contribution is -2.28. The molecule has 1 aliphatic rings. The summed E-state index contributed by atoms with van der Waals surface area (Å²) in [5.74, 6) is 0.0151. The van der Waals surface area contributed by atoms with Gasteiger partial charge in [-0.05, 0) is 19.1 Å². The summed E-state index contributed by atoms with van der Waals surface area (Å²) < 4.78 is 22.1. The van der Waals surface area contributed by atoms with Gasteiger partial charge in [0.25, 0.3) is 0 Å². The summed E-state index contributed by atoms with van der Waals surface area (Å²) in [6, 6.07) is 6.17. The third-order valence-electron chi connectivity index (χ3n) is 4.84. The number of carbonyl (C=O) groups is 1. The van der Waals surface area contributed by atoms with Crippen LogP contribution in [0.2, 0.25) is 0 Å². The van der Waals surface area contributed by atoms with E-state index < -0.39 is 5.95 Å². The van der Waals surface area contributed by atoms with Gasteiger partial charge in [-0.2, -0.15) is 14.5 Å². The Morgan fingerprint density at radius 1 is 1.46 bits per heavy atom. The molecule has 0 unspecified atom stereocenters. The average Bonchev–Trinajstić information content (AvgIpc) is 3.24. The van der Waals surface area contributed by atoms with E-state index in [0.717, 1.165) is 23.1 Å². The second-order valence-electron chi connectivity index (χ2n) is 7.19. The Labute approximate surface area is 166 Å². The molecule has 28 heavy (non-hydrogen) atoms. The molecular formula is C19H22FN5O2S. The number of aromatic nitrogens is 3. The molecule has 4 rings (SSSR count). The second kappa shape index (κ2) is 7.48. The van der Waals surface area contributed by atoms with Crippen molar-refractivity contribution >= 4 is 33.3 Å². The summed E-state index contributed by atoms with van der Waals surface area (Å²) in [5, 5.41) is 8.32. The maximum atomic E-state index is 14.1. The maximum Gasteiger partial charge on any atom is 0.230 e. The summed E-state index contributed by atoms with van der Waals surface area (Å²) in [6.07, 6.45) is 2.86. The number of likely N-dealkylation sites (tertiary alicyclic amines) is 1. The number of halogens is 1. The number of rotatable bonds is 5. The minimum absolute atomic E-state index is 0.0296. The Balaban J connectivity index is 1.41. The predicted molar refractivity (Wildman–Crippen MR) is 106 cm³/mol. The highest BCUT2D eigenvalue weighted by molar-refractivity contribution is 7.15. The fraction of sp³-hybridized carbons (Fsp3) is 0.421. The third-order valence-corrected chi connectivity index (χ3v) is 5.77. The largest absolute Gasteiger partial charge is 0.489 e. The van der Waals surface area contributed by atoms with E-state index in [9.17, 15) is 9.18 Å². The van der Waals surface area contributed by atoms with Crippen molar-refractivity contribution in [1.82, 2.24) is 19.7 Å². The lowest BCUT2D eigenvalue weighted by Gasteiger charge is -2.19. The summed E-state index contributed by atoms with van der Waals surface area (Å²) >= 11 is 1.17. The lowest BCUT2D eigenvalue weighted by atomic mass is 10.2. The van der Waals surface area contributed by atoms with E-state index in [2.05, 4.69) is 27.2 Å². The van der Waals surface area contributed by atoms with Crippen molar-refractivity contribution in [3.05, 3.63) is 35.2 Å². The summed E-state index contributed by atoms with van der Waals surface area (Å²) in [4.78, 5) is 17.6. The molecule has 1 N–H and O–H groups in total. The Hall–Kier alpha value is -2.52. The number of hydrogen-bond acceptors (Lipinski definition) is 6. The number of nitrogens with zero attached hydrogens (tertiary/aromatic N) is 4. The summed E-state index contributed by atoms with van der Waals surface area (Å²) in [7, 11) is 1.90. The Morgan fingerprint density at radius 3 is 3.07 bits per heavy atom. The van der Waals surface area contributed by atoms with Gasteiger partial charge in [0.05, 0.1) is 10.4 Å². The quantitative estimate of drug-likeness (QED) is 0.708. The Bertz CT molecular complexity index is 1020. The number of nitrogens with one attached hydrogen (secondary N) is 1. The molecule has 2 atom stereocenters. The first-order valence-corrected chi connectivity index (χ1v) is 9.96. The summed E-state index contributed by atoms with van der Waals surface area (Å²) in [6.45, 7) is 4.64. The summed E-state index contributed by atoms with van der Waals surface area (Å²) in [5.41, 5.74) is 0.903. The van der Waals surface area contributed by atoms with E-state index in [1.807, 2.05) is 31.4 Å². The first-order valence-electron chi connectivity index (χ1n) is 9.14. The van der Waals surface area contributed by atoms with Crippen molar-refractivity contribution in [2.45, 2.75) is 39.0 Å². The monoisotopic (exact) mass is 403 g/mol. The predicted octanol–water partition coefficient (Wildman–Crippen LogP) is 3.17. The standard InChI is InChI=1S/C19H22FN5O2S/c1-11-6-15(27-14-5-4-13-8-24(3)23-16(13)7-14)9-25(11)10-17-18(20)22-19(28-17)21-12(2)26/h4-5,7-8,11,15H,6,9-10H2,1-3H3,(H,21,22,26)/t11-,15+/m0/s1. The van der Waals surface area contributed by atoms with Gasteiger partial charge >= 0.3 is 0 Å². The molecule has 3 aromatic rings. The van der Waals surface area contributed by atoms with Gasteiger partial charge in [0.15, 0.2) is 5.13 Å². The Kier molecular flexibility index (Phi) is 5.03. The average molecular weight is 403 g/mol. The van der Waals surface area contributed by atoms with Gasteiger partial charge in [0.2, 0.25) is 11.9 Å². The number of anilines is 1. The van der Waals surface area contributed by atoms with Crippen molar-refractivity contribution in [2.24, 2.45) is 7.05 Å². The van der Waals surface area contributed by atoms with Crippen molar-refractivity contribution in [3.8, 4) is 5.75 Å². The van der Waals surface area contributed by atoms with Gasteiger partial charge in [0, 0.05) is 57.2 Å². The van der Waals surface area contributed by atoms with Crippen LogP contribution in [0.5, 0.6) is 5.75 Å². The van der Waals surface area contributed by atoms with Gasteiger partial charge in [-0.1, -0.05) is 11.3 Å². The molecule has 2 aromatic heterocycles. The minimum Gasteiger partial charge on any atom is -0.489 e. The zero-order valence-corrected chi connectivity index (χ0v) is 16.8. The van der Waals surface area contributed by atoms with Crippen LogP contribution in [0.3, 0.4) is 0 Å². The molecular weight excluding hydrogens is 381 g/mol. The molecule has 0 radical (unpaired) electrons. The highest BCUT2D eigenvalue weighted by Gasteiger charge is 2.31. The van der Waals surface area contributed by atoms with Crippen LogP contribution >= 0.6 is 11.3 Å². The number of thiazole rings is 1. The highest BCUT2D eigenvalue weighted by Crippen LogP contribution is 2.29. The molecule has 7 nitrogen and oxygen atoms in total. The zero-order chi connectivity index (χ0) is 19.8. The molecule has 3 heterocycles. The normalized spacial score (nSPS) is 20.0. The molecule has 1 aromatic carbocycles. The van der Waals surface area contributed by atoms with E-state index in [0.29, 0.717) is 23.1 Å². The van der Waals surface area contributed by atoms with Gasteiger partial charge in [-0.15, -0.1) is 0 Å². The van der Waals surface area contributed by atoms with Gasteiger partial charge < -0.3 is 10.1 Å². The van der Waals surface area contributed by atoms with Crippen LogP contribution in [0.25, 0.3) is 10.9 Å². The fourth-order valence-corrected chi connectivity index (χ4v) is 4.47. The van der Waals surface area contributed by atoms with Crippen molar-refractivity contribution in [3.63, 3.8) is 0 Å². The number of amides is 1. The van der Waals surface area contributed by atoms with Crippen molar-refractivity contribution in [2.75, 3.05) is 11.9 Å². The molecule has 0 bridgehead atoms. The van der Waals surface area contributed by atoms with Crippen LogP contribution < -0.4 is 10.1 Å². The maximum absolute atomic E-state index is 14.1. The van der Waals surface area contributed by atoms with Gasteiger partial charge in [-0.3, -0.25) is 14.4 Å². The van der Waals surface area contributed by atoms with E-state index in [-0.39, 0.29) is 18.1 Å². The lowest BCUT2D eigenvalue weighted by molar-refractivity contribution is -0.114. The van der Waals surface area contributed by atoms with Crippen LogP contribution in [0, 0.1) is 5.95 Å². The smallest absolute Gasteiger partial charge is 0.230 e. The van der Waals surface area contributed by atoms with Crippen molar-refractivity contribution in [1.29, 1.82) is 0 Å². The molecule has 1 fully saturated rings. The van der Waals surface area contributed by atoms with E-state index in [1.54, 1.807) is 4.68 Å². The SMILES string of the molecule is CC(=O)Nc1nc(F)c(CN2C[C@H](Oc3ccc4cn(C)nc4c3)C[C@@H]2C)s1. The molecule has 0 spiro atoms. The fourth-order valence-electron chi connectivity index (χ4n) is 3.56. The number of ether oxygens (including phenoxy) is 1. The van der Waals surface area contributed by atoms with Crippen LogP contribution in [0.1, 0.15) is 25.1 Å². The molecule has 9 heteroatoms. The van der Waals surface area contributed by atoms with E-state index in [1.165, 1.54) is 18.3 Å². The zero-order valence-electron chi connectivity index (χ0n) is 16.0. The molecule has 1 aliphatic heterocycles. The minimum atomic E-state index is -0.522. The molecule has 148 valence electrons.